The molecule has 0 bridgehead atoms. The zero-order valence-corrected chi connectivity index (χ0v) is 3.88. The number of isocyanates is 1. The molecule has 0 rings (SSSR count). The molecule has 0 heterocycles. The zero-order chi connectivity index (χ0) is 6.83. The summed E-state index contributed by atoms with van der Waals surface area (Å²) < 4.78 is 0. The van der Waals surface area contributed by atoms with E-state index in [1.165, 1.54) is 0 Å². The molecule has 0 radical (unpaired) electrons. The summed E-state index contributed by atoms with van der Waals surface area (Å²) in [4.78, 5) is 26.5. The SMILES string of the molecule is N=C=O.O=CNC=O. The van der Waals surface area contributed by atoms with Gasteiger partial charge < -0.3 is 5.32 Å². The minimum absolute atomic E-state index is 0.312. The second-order valence-electron chi connectivity index (χ2n) is 0.504. The summed E-state index contributed by atoms with van der Waals surface area (Å²) in [6, 6.07) is 0. The first-order valence-corrected chi connectivity index (χ1v) is 1.50. The van der Waals surface area contributed by atoms with E-state index in [-0.39, 0.29) is 0 Å². The van der Waals surface area contributed by atoms with E-state index >= 15 is 0 Å². The summed E-state index contributed by atoms with van der Waals surface area (Å²) in [6.45, 7) is 0. The topological polar surface area (TPSA) is 87.1 Å². The summed E-state index contributed by atoms with van der Waals surface area (Å²) >= 11 is 0. The Hall–Kier alpha value is -1.48. The molecular formula is C3H4N2O3. The molecule has 0 aliphatic heterocycles. The highest BCUT2D eigenvalue weighted by Crippen LogP contribution is 1.17. The van der Waals surface area contributed by atoms with E-state index < -0.39 is 0 Å². The fraction of sp³-hybridized carbons (Fsp3) is 0. The number of rotatable bonds is 2. The third kappa shape index (κ3) is 207. The van der Waals surface area contributed by atoms with Gasteiger partial charge >= 0.3 is 0 Å². The third-order valence-corrected chi connectivity index (χ3v) is 0.136. The van der Waals surface area contributed by atoms with Crippen molar-refractivity contribution in [2.45, 2.75) is 0 Å². The molecular weight excluding hydrogens is 112 g/mol. The molecule has 0 aliphatic carbocycles. The van der Waals surface area contributed by atoms with E-state index in [0.29, 0.717) is 12.8 Å². The van der Waals surface area contributed by atoms with Gasteiger partial charge in [0.15, 0.2) is 0 Å². The van der Waals surface area contributed by atoms with Crippen LogP contribution in [0, 0.1) is 5.41 Å². The van der Waals surface area contributed by atoms with Crippen molar-refractivity contribution < 1.29 is 14.4 Å². The van der Waals surface area contributed by atoms with E-state index in [1.807, 2.05) is 0 Å². The van der Waals surface area contributed by atoms with Crippen molar-refractivity contribution in [2.24, 2.45) is 0 Å². The van der Waals surface area contributed by atoms with E-state index in [1.54, 1.807) is 5.32 Å². The molecule has 0 aromatic heterocycles. The second-order valence-corrected chi connectivity index (χ2v) is 0.504. The lowest BCUT2D eigenvalue weighted by atomic mass is 11.2. The lowest BCUT2D eigenvalue weighted by molar-refractivity contribution is -0.117. The fourth-order valence-corrected chi connectivity index (χ4v) is 0.0278. The van der Waals surface area contributed by atoms with Gasteiger partial charge in [-0.3, -0.25) is 9.59 Å². The Kier molecular flexibility index (Phi) is 21.6. The molecule has 0 saturated heterocycles. The third-order valence-electron chi connectivity index (χ3n) is 0.136. The highest BCUT2D eigenvalue weighted by molar-refractivity contribution is 5.67. The fourth-order valence-electron chi connectivity index (χ4n) is 0.0278. The molecule has 0 saturated carbocycles. The zero-order valence-electron chi connectivity index (χ0n) is 3.88. The van der Waals surface area contributed by atoms with Crippen molar-refractivity contribution in [3.8, 4) is 0 Å². The van der Waals surface area contributed by atoms with Crippen molar-refractivity contribution in [3.63, 3.8) is 0 Å². The van der Waals surface area contributed by atoms with E-state index in [2.05, 4.69) is 0 Å². The Labute approximate surface area is 45.2 Å². The molecule has 8 heavy (non-hydrogen) atoms. The van der Waals surface area contributed by atoms with Crippen LogP contribution in [-0.4, -0.2) is 18.9 Å². The number of hydrogen-bond donors (Lipinski definition) is 2. The normalized spacial score (nSPS) is 4.50. The van der Waals surface area contributed by atoms with Gasteiger partial charge in [-0.1, -0.05) is 0 Å². The van der Waals surface area contributed by atoms with Crippen LogP contribution in [0.4, 0.5) is 0 Å². The Balaban J connectivity index is 0. The summed E-state index contributed by atoms with van der Waals surface area (Å²) in [6.07, 6.45) is 1.38. The van der Waals surface area contributed by atoms with Crippen LogP contribution in [0.15, 0.2) is 0 Å². The lowest BCUT2D eigenvalue weighted by Crippen LogP contribution is -2.04. The average molecular weight is 116 g/mol. The van der Waals surface area contributed by atoms with E-state index in [9.17, 15) is 0 Å². The van der Waals surface area contributed by atoms with Crippen molar-refractivity contribution >= 4 is 18.9 Å². The van der Waals surface area contributed by atoms with Crippen LogP contribution in [0.5, 0.6) is 0 Å². The Morgan fingerprint density at radius 1 is 1.38 bits per heavy atom. The molecule has 0 spiro atoms. The highest BCUT2D eigenvalue weighted by atomic mass is 16.2. The second kappa shape index (κ2) is 17.8. The maximum absolute atomic E-state index is 9.06. The highest BCUT2D eigenvalue weighted by Gasteiger charge is 1.56. The minimum atomic E-state index is 0.312. The molecule has 44 valence electrons. The maximum atomic E-state index is 9.06. The smallest absolute Gasteiger partial charge is 0.231 e. The number of hydrogen-bond acceptors (Lipinski definition) is 4. The maximum Gasteiger partial charge on any atom is 0.231 e. The van der Waals surface area contributed by atoms with Crippen molar-refractivity contribution in [3.05, 3.63) is 0 Å². The summed E-state index contributed by atoms with van der Waals surface area (Å²) in [5, 5.41) is 7.15. The van der Waals surface area contributed by atoms with Gasteiger partial charge in [0.2, 0.25) is 18.9 Å². The standard InChI is InChI=1S/C2H3NO2.CHNO/c4-1-3-2-5;2-1-3/h1-2H,(H,3,4,5);2H. The van der Waals surface area contributed by atoms with Gasteiger partial charge in [-0.25, -0.2) is 10.2 Å². The quantitative estimate of drug-likeness (QED) is 0.269. The molecule has 0 aromatic carbocycles. The molecule has 5 heteroatoms. The summed E-state index contributed by atoms with van der Waals surface area (Å²) in [5.74, 6) is 0. The summed E-state index contributed by atoms with van der Waals surface area (Å²) in [7, 11) is 0. The van der Waals surface area contributed by atoms with Crippen LogP contribution in [-0.2, 0) is 14.4 Å². The van der Waals surface area contributed by atoms with Gasteiger partial charge in [0.05, 0.1) is 0 Å². The van der Waals surface area contributed by atoms with E-state index in [4.69, 9.17) is 19.8 Å². The van der Waals surface area contributed by atoms with Gasteiger partial charge in [-0.05, 0) is 0 Å². The number of nitrogens with one attached hydrogen (secondary N) is 2. The minimum Gasteiger partial charge on any atom is -0.302 e. The van der Waals surface area contributed by atoms with Gasteiger partial charge in [-0.2, -0.15) is 0 Å². The first-order chi connectivity index (χ1) is 3.83. The molecule has 0 atom stereocenters. The predicted molar refractivity (Wildman–Crippen MR) is 23.7 cm³/mol. The van der Waals surface area contributed by atoms with Gasteiger partial charge in [0, 0.05) is 0 Å². The van der Waals surface area contributed by atoms with Crippen molar-refractivity contribution in [1.29, 1.82) is 5.41 Å². The van der Waals surface area contributed by atoms with Crippen LogP contribution in [0.3, 0.4) is 0 Å². The number of carbonyl (C=O) groups excluding carboxylic acids is 3. The van der Waals surface area contributed by atoms with Crippen LogP contribution < -0.4 is 5.32 Å². The first-order valence-electron chi connectivity index (χ1n) is 1.50. The lowest BCUT2D eigenvalue weighted by Gasteiger charge is -1.64. The average Bonchev–Trinajstić information content (AvgIpc) is 1.71. The molecule has 2 amide bonds. The van der Waals surface area contributed by atoms with Crippen molar-refractivity contribution in [1.82, 2.24) is 5.32 Å². The Morgan fingerprint density at radius 2 is 1.62 bits per heavy atom. The van der Waals surface area contributed by atoms with Gasteiger partial charge in [0.25, 0.3) is 0 Å². The van der Waals surface area contributed by atoms with E-state index in [0.717, 1.165) is 6.08 Å². The number of imide groups is 1. The van der Waals surface area contributed by atoms with Crippen LogP contribution in [0.2, 0.25) is 0 Å². The number of amides is 2. The van der Waals surface area contributed by atoms with Crippen molar-refractivity contribution in [2.75, 3.05) is 0 Å². The van der Waals surface area contributed by atoms with Crippen LogP contribution >= 0.6 is 0 Å². The first kappa shape index (κ1) is 9.72. The predicted octanol–water partition coefficient (Wildman–Crippen LogP) is -1.21. The van der Waals surface area contributed by atoms with Crippen LogP contribution in [0.1, 0.15) is 0 Å². The molecule has 0 unspecified atom stereocenters. The Bertz CT molecular complexity index is 88.7. The van der Waals surface area contributed by atoms with Gasteiger partial charge in [0.1, 0.15) is 0 Å². The largest absolute Gasteiger partial charge is 0.302 e. The molecule has 2 N–H and O–H groups in total. The van der Waals surface area contributed by atoms with Gasteiger partial charge in [-0.15, -0.1) is 0 Å². The molecule has 0 aliphatic rings. The molecule has 0 fully saturated rings. The van der Waals surface area contributed by atoms with Crippen LogP contribution in [0.25, 0.3) is 0 Å². The molecule has 0 aromatic rings. The molecule has 5 nitrogen and oxygen atoms in total. The Morgan fingerprint density at radius 3 is 1.62 bits per heavy atom. The monoisotopic (exact) mass is 116 g/mol. The number of carbonyl (C=O) groups is 2. The summed E-state index contributed by atoms with van der Waals surface area (Å²) in [5.41, 5.74) is 0.